The fourth-order valence-electron chi connectivity index (χ4n) is 3.67. The zero-order valence-electron chi connectivity index (χ0n) is 15.1. The highest BCUT2D eigenvalue weighted by atomic mass is 16.5. The summed E-state index contributed by atoms with van der Waals surface area (Å²) in [5.74, 6) is 0.568. The van der Waals surface area contributed by atoms with Crippen LogP contribution in [-0.4, -0.2) is 12.5 Å². The van der Waals surface area contributed by atoms with Crippen molar-refractivity contribution in [2.75, 3.05) is 11.9 Å². The molecule has 0 atom stereocenters. The number of hydrogen-bond donors (Lipinski definition) is 1. The number of ether oxygens (including phenoxy) is 1. The van der Waals surface area contributed by atoms with Gasteiger partial charge < -0.3 is 10.1 Å². The molecule has 0 bridgehead atoms. The van der Waals surface area contributed by atoms with Crippen LogP contribution in [0.3, 0.4) is 0 Å². The van der Waals surface area contributed by atoms with Gasteiger partial charge in [-0.2, -0.15) is 5.26 Å². The molecular formula is C22H24N2O2. The molecular weight excluding hydrogens is 324 g/mol. The van der Waals surface area contributed by atoms with Crippen molar-refractivity contribution in [1.29, 1.82) is 5.26 Å². The number of hydrogen-bond acceptors (Lipinski definition) is 3. The number of benzene rings is 2. The van der Waals surface area contributed by atoms with Crippen LogP contribution in [0.4, 0.5) is 5.69 Å². The van der Waals surface area contributed by atoms with Crippen molar-refractivity contribution in [3.8, 4) is 11.8 Å². The average molecular weight is 348 g/mol. The third-order valence-corrected chi connectivity index (χ3v) is 5.04. The fourth-order valence-corrected chi connectivity index (χ4v) is 3.67. The number of nitrogens with one attached hydrogen (secondary N) is 1. The van der Waals surface area contributed by atoms with E-state index in [4.69, 9.17) is 4.74 Å². The van der Waals surface area contributed by atoms with Crippen molar-refractivity contribution in [3.05, 3.63) is 59.7 Å². The van der Waals surface area contributed by atoms with E-state index in [1.165, 1.54) is 0 Å². The van der Waals surface area contributed by atoms with E-state index in [1.807, 2.05) is 37.3 Å². The third kappa shape index (κ3) is 3.57. The molecule has 3 rings (SSSR count). The molecule has 1 aliphatic rings. The van der Waals surface area contributed by atoms with Gasteiger partial charge in [-0.25, -0.2) is 0 Å². The number of carbonyl (C=O) groups is 1. The first-order chi connectivity index (χ1) is 12.7. The van der Waals surface area contributed by atoms with Crippen LogP contribution in [0, 0.1) is 11.3 Å². The molecule has 0 saturated heterocycles. The van der Waals surface area contributed by atoms with Gasteiger partial charge in [0.15, 0.2) is 0 Å². The lowest BCUT2D eigenvalue weighted by atomic mass is 9.78. The minimum atomic E-state index is -0.481. The molecule has 1 fully saturated rings. The Morgan fingerprint density at radius 2 is 1.92 bits per heavy atom. The molecule has 1 saturated carbocycles. The van der Waals surface area contributed by atoms with Crippen LogP contribution < -0.4 is 10.1 Å². The number of amides is 1. The molecule has 0 spiro atoms. The summed E-state index contributed by atoms with van der Waals surface area (Å²) >= 11 is 0. The van der Waals surface area contributed by atoms with Crippen molar-refractivity contribution in [1.82, 2.24) is 0 Å². The van der Waals surface area contributed by atoms with E-state index in [0.29, 0.717) is 23.6 Å². The normalized spacial score (nSPS) is 15.2. The highest BCUT2D eigenvalue weighted by Crippen LogP contribution is 2.42. The summed E-state index contributed by atoms with van der Waals surface area (Å²) in [5, 5.41) is 12.4. The maximum Gasteiger partial charge on any atom is 0.235 e. The second-order valence-corrected chi connectivity index (χ2v) is 6.78. The predicted molar refractivity (Wildman–Crippen MR) is 102 cm³/mol. The number of anilines is 1. The van der Waals surface area contributed by atoms with Gasteiger partial charge in [0.1, 0.15) is 11.8 Å². The van der Waals surface area contributed by atoms with Crippen molar-refractivity contribution >= 4 is 11.6 Å². The largest absolute Gasteiger partial charge is 0.492 e. The van der Waals surface area contributed by atoms with Crippen LogP contribution in [-0.2, 0) is 10.2 Å². The Morgan fingerprint density at radius 3 is 2.58 bits per heavy atom. The van der Waals surface area contributed by atoms with E-state index in [0.717, 1.165) is 37.7 Å². The van der Waals surface area contributed by atoms with Crippen LogP contribution in [0.5, 0.6) is 5.75 Å². The molecule has 1 aliphatic carbocycles. The van der Waals surface area contributed by atoms with Gasteiger partial charge in [0.2, 0.25) is 5.91 Å². The third-order valence-electron chi connectivity index (χ3n) is 5.04. The van der Waals surface area contributed by atoms with E-state index in [9.17, 15) is 10.1 Å². The van der Waals surface area contributed by atoms with Crippen LogP contribution in [0.25, 0.3) is 0 Å². The lowest BCUT2D eigenvalue weighted by Gasteiger charge is -2.28. The Labute approximate surface area is 154 Å². The van der Waals surface area contributed by atoms with Crippen LogP contribution in [0.15, 0.2) is 48.5 Å². The Bertz CT molecular complexity index is 803. The minimum absolute atomic E-state index is 0.00677. The molecule has 26 heavy (non-hydrogen) atoms. The molecule has 2 aromatic rings. The van der Waals surface area contributed by atoms with E-state index in [-0.39, 0.29) is 5.91 Å². The maximum absolute atomic E-state index is 13.2. The van der Waals surface area contributed by atoms with Gasteiger partial charge in [-0.3, -0.25) is 4.79 Å². The molecule has 1 amide bonds. The van der Waals surface area contributed by atoms with Gasteiger partial charge >= 0.3 is 0 Å². The summed E-state index contributed by atoms with van der Waals surface area (Å²) in [6, 6.07) is 17.4. The Morgan fingerprint density at radius 1 is 1.19 bits per heavy atom. The topological polar surface area (TPSA) is 62.1 Å². The van der Waals surface area contributed by atoms with Gasteiger partial charge in [-0.1, -0.05) is 50.1 Å². The van der Waals surface area contributed by atoms with Gasteiger partial charge in [-0.05, 0) is 43.0 Å². The molecule has 0 aliphatic heterocycles. The van der Waals surface area contributed by atoms with Crippen LogP contribution in [0.2, 0.25) is 0 Å². The van der Waals surface area contributed by atoms with Gasteiger partial charge in [-0.15, -0.1) is 0 Å². The molecule has 4 nitrogen and oxygen atoms in total. The second kappa shape index (κ2) is 8.05. The fraction of sp³-hybridized carbons (Fsp3) is 0.364. The summed E-state index contributed by atoms with van der Waals surface area (Å²) in [7, 11) is 0. The van der Waals surface area contributed by atoms with Crippen molar-refractivity contribution in [2.24, 2.45) is 0 Å². The molecule has 0 unspecified atom stereocenters. The molecule has 4 heteroatoms. The summed E-state index contributed by atoms with van der Waals surface area (Å²) in [4.78, 5) is 13.2. The second-order valence-electron chi connectivity index (χ2n) is 6.78. The SMILES string of the molecule is CCCOc1ccc(NC(=O)C2(c3ccccc3)CCCC2)cc1C#N. The summed E-state index contributed by atoms with van der Waals surface area (Å²) in [6.45, 7) is 2.59. The van der Waals surface area contributed by atoms with Gasteiger partial charge in [0.05, 0.1) is 17.6 Å². The monoisotopic (exact) mass is 348 g/mol. The average Bonchev–Trinajstić information content (AvgIpc) is 3.19. The smallest absolute Gasteiger partial charge is 0.235 e. The standard InChI is InChI=1S/C22H24N2O2/c1-2-14-26-20-11-10-19(15-17(20)16-23)24-21(25)22(12-6-7-13-22)18-8-4-3-5-9-18/h3-5,8-11,15H,2,6-7,12-14H2,1H3,(H,24,25). The first-order valence-electron chi connectivity index (χ1n) is 9.23. The van der Waals surface area contributed by atoms with Gasteiger partial charge in [0, 0.05) is 5.69 Å². The number of nitriles is 1. The first-order valence-corrected chi connectivity index (χ1v) is 9.23. The number of rotatable bonds is 6. The molecule has 2 aromatic carbocycles. The quantitative estimate of drug-likeness (QED) is 0.816. The molecule has 1 N–H and O–H groups in total. The van der Waals surface area contributed by atoms with Crippen molar-refractivity contribution < 1.29 is 9.53 Å². The Hall–Kier alpha value is -2.80. The Balaban J connectivity index is 1.83. The maximum atomic E-state index is 13.2. The zero-order chi connectivity index (χ0) is 18.4. The van der Waals surface area contributed by atoms with Crippen LogP contribution >= 0.6 is 0 Å². The number of carbonyl (C=O) groups excluding carboxylic acids is 1. The number of nitrogens with zero attached hydrogens (tertiary/aromatic N) is 1. The zero-order valence-corrected chi connectivity index (χ0v) is 15.1. The molecule has 0 aromatic heterocycles. The molecule has 134 valence electrons. The highest BCUT2D eigenvalue weighted by Gasteiger charge is 2.42. The van der Waals surface area contributed by atoms with E-state index in [1.54, 1.807) is 18.2 Å². The van der Waals surface area contributed by atoms with Crippen LogP contribution in [0.1, 0.15) is 50.2 Å². The summed E-state index contributed by atoms with van der Waals surface area (Å²) in [5.41, 5.74) is 1.67. The first kappa shape index (κ1) is 18.0. The summed E-state index contributed by atoms with van der Waals surface area (Å²) in [6.07, 6.45) is 4.69. The minimum Gasteiger partial charge on any atom is -0.492 e. The summed E-state index contributed by atoms with van der Waals surface area (Å²) < 4.78 is 5.59. The predicted octanol–water partition coefficient (Wildman–Crippen LogP) is 4.80. The van der Waals surface area contributed by atoms with Crippen molar-refractivity contribution in [2.45, 2.75) is 44.4 Å². The van der Waals surface area contributed by atoms with E-state index in [2.05, 4.69) is 11.4 Å². The highest BCUT2D eigenvalue weighted by molar-refractivity contribution is 5.99. The molecule has 0 heterocycles. The lowest BCUT2D eigenvalue weighted by molar-refractivity contribution is -0.121. The molecule has 0 radical (unpaired) electrons. The van der Waals surface area contributed by atoms with Crippen molar-refractivity contribution in [3.63, 3.8) is 0 Å². The van der Waals surface area contributed by atoms with E-state index >= 15 is 0 Å². The van der Waals surface area contributed by atoms with Gasteiger partial charge in [0.25, 0.3) is 0 Å². The van der Waals surface area contributed by atoms with E-state index < -0.39 is 5.41 Å². The Kier molecular flexibility index (Phi) is 5.58. The lowest BCUT2D eigenvalue weighted by Crippen LogP contribution is -2.37.